The third-order valence-electron chi connectivity index (χ3n) is 4.21. The molecule has 7 heteroatoms. The predicted molar refractivity (Wildman–Crippen MR) is 102 cm³/mol. The minimum absolute atomic E-state index is 0.113. The Morgan fingerprint density at radius 3 is 2.29 bits per heavy atom. The van der Waals surface area contributed by atoms with E-state index in [-0.39, 0.29) is 10.6 Å². The maximum atomic E-state index is 13.8. The number of para-hydroxylation sites is 1. The molecule has 28 heavy (non-hydrogen) atoms. The molecular weight excluding hydrogens is 379 g/mol. The number of sulfone groups is 1. The van der Waals surface area contributed by atoms with Crippen molar-refractivity contribution in [1.82, 2.24) is 0 Å². The molecule has 0 amide bonds. The Kier molecular flexibility index (Phi) is 4.34. The molecule has 1 aliphatic rings. The molecular formula is C21H13FN2O3S. The van der Waals surface area contributed by atoms with Crippen LogP contribution in [0.2, 0.25) is 0 Å². The van der Waals surface area contributed by atoms with Gasteiger partial charge in [0.05, 0.1) is 10.6 Å². The van der Waals surface area contributed by atoms with Gasteiger partial charge in [0.15, 0.2) is 4.91 Å². The number of rotatable bonds is 3. The first-order chi connectivity index (χ1) is 13.5. The standard InChI is InChI=1S/C21H13FN2O3S/c22-15-6-11-21-20(12-15)24(14-19(13-23)28(21,25)26)16-7-9-18(10-8-16)27-17-4-2-1-3-5-17/h1-12,14H. The van der Waals surface area contributed by atoms with E-state index >= 15 is 0 Å². The van der Waals surface area contributed by atoms with Crippen LogP contribution in [-0.2, 0) is 9.84 Å². The van der Waals surface area contributed by atoms with Crippen molar-refractivity contribution in [3.05, 3.63) is 89.7 Å². The fourth-order valence-electron chi connectivity index (χ4n) is 2.88. The zero-order valence-corrected chi connectivity index (χ0v) is 15.2. The Morgan fingerprint density at radius 2 is 1.61 bits per heavy atom. The van der Waals surface area contributed by atoms with E-state index in [1.165, 1.54) is 17.2 Å². The predicted octanol–water partition coefficient (Wildman–Crippen LogP) is 4.91. The largest absolute Gasteiger partial charge is 0.457 e. The van der Waals surface area contributed by atoms with Gasteiger partial charge in [-0.15, -0.1) is 0 Å². The molecule has 0 saturated carbocycles. The van der Waals surface area contributed by atoms with Crippen LogP contribution in [0.4, 0.5) is 15.8 Å². The van der Waals surface area contributed by atoms with Crippen molar-refractivity contribution in [2.75, 3.05) is 4.90 Å². The molecule has 0 aromatic heterocycles. The summed E-state index contributed by atoms with van der Waals surface area (Å²) in [6.07, 6.45) is 1.20. The van der Waals surface area contributed by atoms with Crippen molar-refractivity contribution in [1.29, 1.82) is 5.26 Å². The number of nitriles is 1. The lowest BCUT2D eigenvalue weighted by molar-refractivity contribution is 0.483. The van der Waals surface area contributed by atoms with E-state index in [9.17, 15) is 18.1 Å². The molecule has 0 unspecified atom stereocenters. The number of hydrogen-bond donors (Lipinski definition) is 0. The van der Waals surface area contributed by atoms with Crippen LogP contribution in [0.25, 0.3) is 0 Å². The smallest absolute Gasteiger partial charge is 0.220 e. The second-order valence-electron chi connectivity index (χ2n) is 6.00. The minimum atomic E-state index is -3.97. The van der Waals surface area contributed by atoms with Gasteiger partial charge in [0.1, 0.15) is 23.4 Å². The van der Waals surface area contributed by atoms with Crippen LogP contribution >= 0.6 is 0 Å². The summed E-state index contributed by atoms with van der Waals surface area (Å²) in [6.45, 7) is 0. The van der Waals surface area contributed by atoms with Gasteiger partial charge in [0.2, 0.25) is 9.84 Å². The number of fused-ring (bicyclic) bond motifs is 1. The van der Waals surface area contributed by atoms with Gasteiger partial charge in [0, 0.05) is 11.9 Å². The fourth-order valence-corrected chi connectivity index (χ4v) is 4.16. The Hall–Kier alpha value is -3.63. The van der Waals surface area contributed by atoms with Crippen molar-refractivity contribution in [2.45, 2.75) is 4.90 Å². The molecule has 0 aliphatic carbocycles. The van der Waals surface area contributed by atoms with E-state index in [1.54, 1.807) is 30.3 Å². The number of ether oxygens (including phenoxy) is 1. The van der Waals surface area contributed by atoms with Gasteiger partial charge in [-0.1, -0.05) is 18.2 Å². The minimum Gasteiger partial charge on any atom is -0.457 e. The number of hydrogen-bond acceptors (Lipinski definition) is 5. The van der Waals surface area contributed by atoms with E-state index < -0.39 is 20.6 Å². The Labute approximate surface area is 161 Å². The molecule has 1 aliphatic heterocycles. The van der Waals surface area contributed by atoms with Crippen LogP contribution in [0.3, 0.4) is 0 Å². The quantitative estimate of drug-likeness (QED) is 0.593. The van der Waals surface area contributed by atoms with Crippen LogP contribution in [0, 0.1) is 17.1 Å². The summed E-state index contributed by atoms with van der Waals surface area (Å²) in [5, 5.41) is 9.26. The Bertz CT molecular complexity index is 1210. The Balaban J connectivity index is 1.74. The fraction of sp³-hybridized carbons (Fsp3) is 0. The molecule has 3 aromatic rings. The maximum Gasteiger partial charge on any atom is 0.220 e. The van der Waals surface area contributed by atoms with E-state index in [2.05, 4.69) is 0 Å². The van der Waals surface area contributed by atoms with Gasteiger partial charge in [-0.25, -0.2) is 12.8 Å². The van der Waals surface area contributed by atoms with Gasteiger partial charge in [-0.05, 0) is 54.6 Å². The SMILES string of the molecule is N#CC1=CN(c2ccc(Oc3ccccc3)cc2)c2cc(F)ccc2S1(=O)=O. The third kappa shape index (κ3) is 3.10. The highest BCUT2D eigenvalue weighted by Crippen LogP contribution is 2.40. The number of anilines is 2. The molecule has 138 valence electrons. The average molecular weight is 392 g/mol. The van der Waals surface area contributed by atoms with Gasteiger partial charge in [-0.2, -0.15) is 5.26 Å². The summed E-state index contributed by atoms with van der Waals surface area (Å²) in [4.78, 5) is 0.957. The Morgan fingerprint density at radius 1 is 0.929 bits per heavy atom. The third-order valence-corrected chi connectivity index (χ3v) is 5.91. The molecule has 4 rings (SSSR count). The molecule has 0 fully saturated rings. The van der Waals surface area contributed by atoms with Crippen LogP contribution in [0.5, 0.6) is 11.5 Å². The number of nitrogens with zero attached hydrogens (tertiary/aromatic N) is 2. The summed E-state index contributed by atoms with van der Waals surface area (Å²) in [7, 11) is -3.97. The topological polar surface area (TPSA) is 70.4 Å². The lowest BCUT2D eigenvalue weighted by atomic mass is 10.2. The normalized spacial score (nSPS) is 14.6. The van der Waals surface area contributed by atoms with Crippen molar-refractivity contribution in [3.63, 3.8) is 0 Å². The van der Waals surface area contributed by atoms with Gasteiger partial charge in [-0.3, -0.25) is 0 Å². The van der Waals surface area contributed by atoms with E-state index in [0.29, 0.717) is 17.2 Å². The molecule has 0 atom stereocenters. The monoisotopic (exact) mass is 392 g/mol. The second-order valence-corrected chi connectivity index (χ2v) is 7.89. The highest BCUT2D eigenvalue weighted by Gasteiger charge is 2.32. The highest BCUT2D eigenvalue weighted by atomic mass is 32.2. The molecule has 0 N–H and O–H groups in total. The summed E-state index contributed by atoms with van der Waals surface area (Å²) < 4.78 is 44.6. The van der Waals surface area contributed by atoms with E-state index in [0.717, 1.165) is 12.1 Å². The molecule has 3 aromatic carbocycles. The van der Waals surface area contributed by atoms with Crippen molar-refractivity contribution < 1.29 is 17.5 Å². The summed E-state index contributed by atoms with van der Waals surface area (Å²) in [6, 6.07) is 21.2. The van der Waals surface area contributed by atoms with Crippen LogP contribution in [0.1, 0.15) is 0 Å². The first kappa shape index (κ1) is 17.8. The van der Waals surface area contributed by atoms with Crippen molar-refractivity contribution in [3.8, 4) is 17.6 Å². The second kappa shape index (κ2) is 6.83. The van der Waals surface area contributed by atoms with E-state index in [4.69, 9.17) is 4.74 Å². The zero-order valence-electron chi connectivity index (χ0n) is 14.4. The van der Waals surface area contributed by atoms with Crippen LogP contribution in [-0.4, -0.2) is 8.42 Å². The maximum absolute atomic E-state index is 13.8. The summed E-state index contributed by atoms with van der Waals surface area (Å²) in [5.74, 6) is 0.693. The first-order valence-corrected chi connectivity index (χ1v) is 9.76. The van der Waals surface area contributed by atoms with Gasteiger partial charge in [0.25, 0.3) is 0 Å². The molecule has 0 spiro atoms. The number of benzene rings is 3. The molecule has 0 saturated heterocycles. The van der Waals surface area contributed by atoms with Gasteiger partial charge < -0.3 is 9.64 Å². The van der Waals surface area contributed by atoms with Crippen molar-refractivity contribution in [2.24, 2.45) is 0 Å². The first-order valence-electron chi connectivity index (χ1n) is 8.28. The van der Waals surface area contributed by atoms with Crippen LogP contribution < -0.4 is 9.64 Å². The van der Waals surface area contributed by atoms with Crippen molar-refractivity contribution >= 4 is 21.2 Å². The average Bonchev–Trinajstić information content (AvgIpc) is 2.69. The highest BCUT2D eigenvalue weighted by molar-refractivity contribution is 7.95. The lowest BCUT2D eigenvalue weighted by Gasteiger charge is -2.27. The molecule has 0 radical (unpaired) electrons. The van der Waals surface area contributed by atoms with Gasteiger partial charge >= 0.3 is 0 Å². The number of halogens is 1. The summed E-state index contributed by atoms with van der Waals surface area (Å²) >= 11 is 0. The molecule has 0 bridgehead atoms. The van der Waals surface area contributed by atoms with E-state index in [1.807, 2.05) is 30.3 Å². The molecule has 1 heterocycles. The molecule has 5 nitrogen and oxygen atoms in total. The summed E-state index contributed by atoms with van der Waals surface area (Å²) in [5.41, 5.74) is 0.714. The lowest BCUT2D eigenvalue weighted by Crippen LogP contribution is -2.21. The number of allylic oxidation sites excluding steroid dienone is 1. The van der Waals surface area contributed by atoms with Crippen LogP contribution in [0.15, 0.2) is 88.8 Å². The zero-order chi connectivity index (χ0) is 19.7.